The summed E-state index contributed by atoms with van der Waals surface area (Å²) >= 11 is 3.46. The van der Waals surface area contributed by atoms with Crippen LogP contribution >= 0.6 is 15.9 Å². The highest BCUT2D eigenvalue weighted by atomic mass is 79.9. The van der Waals surface area contributed by atoms with Gasteiger partial charge in [0.05, 0.1) is 12.5 Å². The maximum Gasteiger partial charge on any atom is 0.391 e. The number of anilines is 1. The summed E-state index contributed by atoms with van der Waals surface area (Å²) in [5.41, 5.74) is 1.79. The summed E-state index contributed by atoms with van der Waals surface area (Å²) < 4.78 is 44.7. The topological polar surface area (TPSA) is 21.3 Å². The second-order valence-electron chi connectivity index (χ2n) is 5.45. The molecule has 0 heterocycles. The molecule has 2 nitrogen and oxygen atoms in total. The van der Waals surface area contributed by atoms with Gasteiger partial charge in [-0.2, -0.15) is 13.2 Å². The molecule has 1 aromatic carbocycles. The van der Waals surface area contributed by atoms with Crippen LogP contribution in [0.2, 0.25) is 0 Å². The van der Waals surface area contributed by atoms with Gasteiger partial charge < -0.3 is 10.1 Å². The minimum atomic E-state index is -4.09. The third kappa shape index (κ3) is 4.36. The highest BCUT2D eigenvalue weighted by molar-refractivity contribution is 9.10. The fourth-order valence-corrected chi connectivity index (χ4v) is 3.30. The zero-order chi connectivity index (χ0) is 15.5. The maximum absolute atomic E-state index is 12.9. The number of hydrogen-bond acceptors (Lipinski definition) is 2. The SMILES string of the molecule is COCc1c(Br)cccc1NC1CCCC(C(F)(F)F)C1. The Kier molecular flexibility index (Phi) is 5.54. The van der Waals surface area contributed by atoms with Gasteiger partial charge in [0.1, 0.15) is 0 Å². The van der Waals surface area contributed by atoms with E-state index in [-0.39, 0.29) is 18.9 Å². The van der Waals surface area contributed by atoms with Gasteiger partial charge in [-0.05, 0) is 31.4 Å². The van der Waals surface area contributed by atoms with E-state index in [1.807, 2.05) is 18.2 Å². The molecule has 118 valence electrons. The van der Waals surface area contributed by atoms with Crippen molar-refractivity contribution in [3.05, 3.63) is 28.2 Å². The van der Waals surface area contributed by atoms with Crippen molar-refractivity contribution in [2.75, 3.05) is 12.4 Å². The first-order chi connectivity index (χ1) is 9.91. The van der Waals surface area contributed by atoms with Gasteiger partial charge in [0, 0.05) is 28.9 Å². The predicted molar refractivity (Wildman–Crippen MR) is 80.3 cm³/mol. The van der Waals surface area contributed by atoms with Gasteiger partial charge in [-0.3, -0.25) is 0 Å². The molecule has 0 aliphatic heterocycles. The molecule has 2 unspecified atom stereocenters. The van der Waals surface area contributed by atoms with Crippen LogP contribution in [-0.2, 0) is 11.3 Å². The number of ether oxygens (including phenoxy) is 1. The minimum absolute atomic E-state index is 0.141. The zero-order valence-corrected chi connectivity index (χ0v) is 13.4. The Balaban J connectivity index is 2.09. The Labute approximate surface area is 131 Å². The number of nitrogens with one attached hydrogen (secondary N) is 1. The molecule has 0 saturated heterocycles. The first kappa shape index (κ1) is 16.6. The molecule has 1 fully saturated rings. The average molecular weight is 366 g/mol. The number of methoxy groups -OCH3 is 1. The Morgan fingerprint density at radius 3 is 2.76 bits per heavy atom. The molecular formula is C15H19BrF3NO. The molecule has 21 heavy (non-hydrogen) atoms. The lowest BCUT2D eigenvalue weighted by Crippen LogP contribution is -2.34. The highest BCUT2D eigenvalue weighted by Crippen LogP contribution is 2.39. The van der Waals surface area contributed by atoms with E-state index in [9.17, 15) is 13.2 Å². The Hall–Kier alpha value is -0.750. The largest absolute Gasteiger partial charge is 0.391 e. The predicted octanol–water partition coefficient (Wildman–Crippen LogP) is 5.13. The van der Waals surface area contributed by atoms with E-state index in [2.05, 4.69) is 21.2 Å². The molecule has 2 rings (SSSR count). The smallest absolute Gasteiger partial charge is 0.382 e. The van der Waals surface area contributed by atoms with Gasteiger partial charge >= 0.3 is 6.18 Å². The summed E-state index contributed by atoms with van der Waals surface area (Å²) in [7, 11) is 1.60. The van der Waals surface area contributed by atoms with Crippen molar-refractivity contribution in [1.29, 1.82) is 0 Å². The standard InChI is InChI=1S/C15H19BrF3NO/c1-21-9-12-13(16)6-3-7-14(12)20-11-5-2-4-10(8-11)15(17,18)19/h3,6-7,10-11,20H,2,4-5,8-9H2,1H3. The molecule has 1 N–H and O–H groups in total. The molecular weight excluding hydrogens is 347 g/mol. The Morgan fingerprint density at radius 1 is 1.33 bits per heavy atom. The number of benzene rings is 1. The van der Waals surface area contributed by atoms with Crippen molar-refractivity contribution >= 4 is 21.6 Å². The molecule has 1 saturated carbocycles. The molecule has 0 spiro atoms. The van der Waals surface area contributed by atoms with E-state index < -0.39 is 12.1 Å². The first-order valence-electron chi connectivity index (χ1n) is 7.01. The van der Waals surface area contributed by atoms with Gasteiger partial charge in [0.25, 0.3) is 0 Å². The van der Waals surface area contributed by atoms with Gasteiger partial charge in [-0.1, -0.05) is 28.4 Å². The summed E-state index contributed by atoms with van der Waals surface area (Å²) in [5, 5.41) is 3.27. The highest BCUT2D eigenvalue weighted by Gasteiger charge is 2.42. The van der Waals surface area contributed by atoms with E-state index in [1.54, 1.807) is 7.11 Å². The van der Waals surface area contributed by atoms with Crippen molar-refractivity contribution in [3.8, 4) is 0 Å². The van der Waals surface area contributed by atoms with Gasteiger partial charge in [-0.15, -0.1) is 0 Å². The molecule has 1 aromatic rings. The summed E-state index contributed by atoms with van der Waals surface area (Å²) in [6, 6.07) is 5.51. The van der Waals surface area contributed by atoms with Gasteiger partial charge in [0.2, 0.25) is 0 Å². The summed E-state index contributed by atoms with van der Waals surface area (Å²) in [5.74, 6) is -1.19. The van der Waals surface area contributed by atoms with Gasteiger partial charge in [-0.25, -0.2) is 0 Å². The number of alkyl halides is 3. The lowest BCUT2D eigenvalue weighted by Gasteiger charge is -2.32. The van der Waals surface area contributed by atoms with Crippen LogP contribution in [0.4, 0.5) is 18.9 Å². The van der Waals surface area contributed by atoms with Crippen LogP contribution in [0.3, 0.4) is 0 Å². The van der Waals surface area contributed by atoms with Crippen molar-refractivity contribution in [3.63, 3.8) is 0 Å². The second-order valence-corrected chi connectivity index (χ2v) is 6.30. The van der Waals surface area contributed by atoms with E-state index in [0.717, 1.165) is 22.1 Å². The van der Waals surface area contributed by atoms with Crippen LogP contribution in [-0.4, -0.2) is 19.3 Å². The molecule has 2 atom stereocenters. The Morgan fingerprint density at radius 2 is 2.10 bits per heavy atom. The summed E-state index contributed by atoms with van der Waals surface area (Å²) in [6.45, 7) is 0.416. The minimum Gasteiger partial charge on any atom is -0.382 e. The molecule has 0 radical (unpaired) electrons. The van der Waals surface area contributed by atoms with E-state index in [4.69, 9.17) is 4.74 Å². The number of rotatable bonds is 4. The van der Waals surface area contributed by atoms with Crippen LogP contribution in [0, 0.1) is 5.92 Å². The maximum atomic E-state index is 12.9. The van der Waals surface area contributed by atoms with Gasteiger partial charge in [0.15, 0.2) is 0 Å². The molecule has 1 aliphatic carbocycles. The second kappa shape index (κ2) is 7.01. The summed E-state index contributed by atoms with van der Waals surface area (Å²) in [4.78, 5) is 0. The van der Waals surface area contributed by atoms with E-state index >= 15 is 0 Å². The molecule has 0 aromatic heterocycles. The van der Waals surface area contributed by atoms with Crippen LogP contribution in [0.15, 0.2) is 22.7 Å². The van der Waals surface area contributed by atoms with Crippen LogP contribution in [0.25, 0.3) is 0 Å². The quantitative estimate of drug-likeness (QED) is 0.798. The van der Waals surface area contributed by atoms with Crippen LogP contribution in [0.5, 0.6) is 0 Å². The van der Waals surface area contributed by atoms with Crippen molar-refractivity contribution in [2.45, 2.75) is 44.5 Å². The molecule has 1 aliphatic rings. The number of hydrogen-bond donors (Lipinski definition) is 1. The van der Waals surface area contributed by atoms with Crippen molar-refractivity contribution in [1.82, 2.24) is 0 Å². The monoisotopic (exact) mass is 365 g/mol. The van der Waals surface area contributed by atoms with E-state index in [0.29, 0.717) is 13.0 Å². The molecule has 0 bridgehead atoms. The van der Waals surface area contributed by atoms with Crippen molar-refractivity contribution < 1.29 is 17.9 Å². The fourth-order valence-electron chi connectivity index (χ4n) is 2.82. The normalized spacial score (nSPS) is 23.1. The van der Waals surface area contributed by atoms with Crippen LogP contribution < -0.4 is 5.32 Å². The Bertz CT molecular complexity index is 478. The number of halogens is 4. The third-order valence-corrected chi connectivity index (χ3v) is 4.65. The average Bonchev–Trinajstić information content (AvgIpc) is 2.42. The van der Waals surface area contributed by atoms with Crippen LogP contribution in [0.1, 0.15) is 31.2 Å². The van der Waals surface area contributed by atoms with E-state index in [1.165, 1.54) is 0 Å². The van der Waals surface area contributed by atoms with Crippen molar-refractivity contribution in [2.24, 2.45) is 5.92 Å². The first-order valence-corrected chi connectivity index (χ1v) is 7.80. The molecule has 0 amide bonds. The lowest BCUT2D eigenvalue weighted by molar-refractivity contribution is -0.182. The zero-order valence-electron chi connectivity index (χ0n) is 11.8. The lowest BCUT2D eigenvalue weighted by atomic mass is 9.85. The third-order valence-electron chi connectivity index (χ3n) is 3.90. The molecule has 6 heteroatoms. The fraction of sp³-hybridized carbons (Fsp3) is 0.600. The summed E-state index contributed by atoms with van der Waals surface area (Å²) in [6.07, 6.45) is -2.33.